The van der Waals surface area contributed by atoms with Crippen molar-refractivity contribution in [3.63, 3.8) is 0 Å². The van der Waals surface area contributed by atoms with E-state index in [-0.39, 0.29) is 5.56 Å². The lowest BCUT2D eigenvalue weighted by Crippen LogP contribution is -2.42. The number of aliphatic hydroxyl groups is 4. The molecule has 0 bridgehead atoms. The first kappa shape index (κ1) is 14.9. The summed E-state index contributed by atoms with van der Waals surface area (Å²) in [6, 6.07) is 0. The van der Waals surface area contributed by atoms with Crippen LogP contribution in [0.15, 0.2) is 15.8 Å². The maximum absolute atomic E-state index is 11.6. The van der Waals surface area contributed by atoms with Crippen LogP contribution in [0.4, 0.5) is 0 Å². The lowest BCUT2D eigenvalue weighted by molar-refractivity contribution is -0.104. The quantitative estimate of drug-likeness (QED) is 0.394. The van der Waals surface area contributed by atoms with Crippen LogP contribution < -0.4 is 11.2 Å². The van der Waals surface area contributed by atoms with E-state index < -0.39 is 48.5 Å². The minimum atomic E-state index is -1.61. The fourth-order valence-electron chi connectivity index (χ4n) is 2.12. The van der Waals surface area contributed by atoms with Crippen LogP contribution in [-0.2, 0) is 4.74 Å². The van der Waals surface area contributed by atoms with Gasteiger partial charge in [0, 0.05) is 11.8 Å². The van der Waals surface area contributed by atoms with Gasteiger partial charge in [0.15, 0.2) is 6.23 Å². The highest BCUT2D eigenvalue weighted by atomic mass is 16.6. The molecule has 1 aliphatic rings. The standard InChI is InChI=1S/C11H16N2O7/c1-4-2-13(11(19)12-9(4)17)10(18)8-7(16)6(15)5(3-14)20-8/h2,5-8,10,14-16,18H,3H2,1H3,(H,12,17,19)/t5-,6-,7-,8-,10?/m1/s1. The summed E-state index contributed by atoms with van der Waals surface area (Å²) in [6.07, 6.45) is -5.69. The molecule has 9 nitrogen and oxygen atoms in total. The number of aryl methyl sites for hydroxylation is 1. The average molecular weight is 288 g/mol. The smallest absolute Gasteiger partial charge is 0.330 e. The van der Waals surface area contributed by atoms with Crippen LogP contribution in [0.1, 0.15) is 11.8 Å². The van der Waals surface area contributed by atoms with E-state index in [0.717, 1.165) is 10.8 Å². The fourth-order valence-corrected chi connectivity index (χ4v) is 2.12. The Labute approximate surface area is 112 Å². The Hall–Kier alpha value is -1.52. The molecule has 112 valence electrons. The lowest BCUT2D eigenvalue weighted by Gasteiger charge is -2.22. The Morgan fingerprint density at radius 1 is 1.40 bits per heavy atom. The fraction of sp³-hybridized carbons (Fsp3) is 0.636. The Bertz CT molecular complexity index is 595. The number of hydrogen-bond acceptors (Lipinski definition) is 7. The molecule has 1 aromatic heterocycles. The third kappa shape index (κ3) is 2.41. The molecule has 0 radical (unpaired) electrons. The highest BCUT2D eigenvalue weighted by molar-refractivity contribution is 5.03. The molecular formula is C11H16N2O7. The average Bonchev–Trinajstić information content (AvgIpc) is 2.69. The van der Waals surface area contributed by atoms with E-state index in [1.165, 1.54) is 6.92 Å². The van der Waals surface area contributed by atoms with E-state index in [1.54, 1.807) is 0 Å². The summed E-state index contributed by atoms with van der Waals surface area (Å²) in [7, 11) is 0. The molecule has 1 saturated heterocycles. The van der Waals surface area contributed by atoms with E-state index >= 15 is 0 Å². The van der Waals surface area contributed by atoms with Crippen molar-refractivity contribution >= 4 is 0 Å². The Kier molecular flexibility index (Phi) is 4.06. The highest BCUT2D eigenvalue weighted by Gasteiger charge is 2.46. The van der Waals surface area contributed by atoms with E-state index in [0.29, 0.717) is 0 Å². The second kappa shape index (κ2) is 5.46. The van der Waals surface area contributed by atoms with Gasteiger partial charge in [0.05, 0.1) is 6.61 Å². The monoisotopic (exact) mass is 288 g/mol. The zero-order valence-electron chi connectivity index (χ0n) is 10.6. The van der Waals surface area contributed by atoms with Crippen molar-refractivity contribution in [2.75, 3.05) is 6.61 Å². The van der Waals surface area contributed by atoms with Gasteiger partial charge >= 0.3 is 5.69 Å². The van der Waals surface area contributed by atoms with Gasteiger partial charge in [-0.25, -0.2) is 4.79 Å². The highest BCUT2D eigenvalue weighted by Crippen LogP contribution is 2.27. The molecule has 5 N–H and O–H groups in total. The predicted molar refractivity (Wildman–Crippen MR) is 65.1 cm³/mol. The van der Waals surface area contributed by atoms with Crippen LogP contribution in [0.5, 0.6) is 0 Å². The van der Waals surface area contributed by atoms with Gasteiger partial charge in [-0.05, 0) is 6.92 Å². The van der Waals surface area contributed by atoms with Gasteiger partial charge in [-0.1, -0.05) is 0 Å². The number of H-pyrrole nitrogens is 1. The first-order valence-electron chi connectivity index (χ1n) is 5.99. The Balaban J connectivity index is 2.33. The molecule has 2 rings (SSSR count). The topological polar surface area (TPSA) is 145 Å². The molecule has 20 heavy (non-hydrogen) atoms. The van der Waals surface area contributed by atoms with Crippen molar-refractivity contribution < 1.29 is 25.2 Å². The molecule has 1 unspecified atom stereocenters. The zero-order chi connectivity index (χ0) is 15.0. The largest absolute Gasteiger partial charge is 0.394 e. The summed E-state index contributed by atoms with van der Waals surface area (Å²) < 4.78 is 5.91. The Morgan fingerprint density at radius 2 is 2.05 bits per heavy atom. The van der Waals surface area contributed by atoms with Gasteiger partial charge in [0.25, 0.3) is 5.56 Å². The lowest BCUT2D eigenvalue weighted by atomic mass is 10.1. The molecule has 2 heterocycles. The van der Waals surface area contributed by atoms with Gasteiger partial charge in [-0.2, -0.15) is 0 Å². The van der Waals surface area contributed by atoms with Gasteiger partial charge in [0.2, 0.25) is 0 Å². The Morgan fingerprint density at radius 3 is 2.60 bits per heavy atom. The maximum Gasteiger partial charge on any atom is 0.330 e. The number of aromatic nitrogens is 2. The molecule has 1 aliphatic heterocycles. The number of aliphatic hydroxyl groups excluding tert-OH is 4. The zero-order valence-corrected chi connectivity index (χ0v) is 10.6. The third-order valence-electron chi connectivity index (χ3n) is 3.30. The van der Waals surface area contributed by atoms with Crippen LogP contribution in [0.2, 0.25) is 0 Å². The van der Waals surface area contributed by atoms with Crippen molar-refractivity contribution in [2.24, 2.45) is 0 Å². The minimum Gasteiger partial charge on any atom is -0.394 e. The first-order valence-corrected chi connectivity index (χ1v) is 5.99. The van der Waals surface area contributed by atoms with Crippen LogP contribution in [0, 0.1) is 6.92 Å². The van der Waals surface area contributed by atoms with Gasteiger partial charge in [0.1, 0.15) is 24.4 Å². The van der Waals surface area contributed by atoms with E-state index in [4.69, 9.17) is 9.84 Å². The minimum absolute atomic E-state index is 0.190. The number of rotatable bonds is 3. The summed E-state index contributed by atoms with van der Waals surface area (Å²) in [5, 5.41) is 38.4. The summed E-state index contributed by atoms with van der Waals surface area (Å²) >= 11 is 0. The third-order valence-corrected chi connectivity index (χ3v) is 3.30. The molecule has 1 fully saturated rings. The molecule has 9 heteroatoms. The van der Waals surface area contributed by atoms with E-state index in [2.05, 4.69) is 0 Å². The van der Waals surface area contributed by atoms with Crippen molar-refractivity contribution in [3.05, 3.63) is 32.6 Å². The second-order valence-electron chi connectivity index (χ2n) is 4.70. The summed E-state index contributed by atoms with van der Waals surface area (Å²) in [4.78, 5) is 24.9. The van der Waals surface area contributed by atoms with Gasteiger partial charge in [-0.3, -0.25) is 14.3 Å². The summed E-state index contributed by atoms with van der Waals surface area (Å²) in [5.74, 6) is 0. The molecule has 5 atom stereocenters. The number of nitrogens with zero attached hydrogens (tertiary/aromatic N) is 1. The van der Waals surface area contributed by atoms with Crippen LogP contribution in [0.25, 0.3) is 0 Å². The molecule has 1 aromatic rings. The maximum atomic E-state index is 11.6. The second-order valence-corrected chi connectivity index (χ2v) is 4.70. The molecule has 0 amide bonds. The summed E-state index contributed by atoms with van der Waals surface area (Å²) in [5.41, 5.74) is -1.26. The van der Waals surface area contributed by atoms with Crippen LogP contribution in [0.3, 0.4) is 0 Å². The van der Waals surface area contributed by atoms with Crippen molar-refractivity contribution in [3.8, 4) is 0 Å². The van der Waals surface area contributed by atoms with Gasteiger partial charge in [-0.15, -0.1) is 0 Å². The molecule has 0 spiro atoms. The van der Waals surface area contributed by atoms with Crippen LogP contribution >= 0.6 is 0 Å². The number of aromatic amines is 1. The SMILES string of the molecule is Cc1cn(C(O)[C@@H]2O[C@H](CO)[C@@H](O)[C@H]2O)c(=O)[nH]c1=O. The predicted octanol–water partition coefficient (Wildman–Crippen LogP) is -3.18. The van der Waals surface area contributed by atoms with E-state index in [9.17, 15) is 24.9 Å². The van der Waals surface area contributed by atoms with Crippen molar-refractivity contribution in [1.29, 1.82) is 0 Å². The number of ether oxygens (including phenoxy) is 1. The van der Waals surface area contributed by atoms with Crippen molar-refractivity contribution in [2.45, 2.75) is 37.6 Å². The molecule has 0 saturated carbocycles. The van der Waals surface area contributed by atoms with Crippen LogP contribution in [-0.4, -0.2) is 61.0 Å². The summed E-state index contributed by atoms with van der Waals surface area (Å²) in [6.45, 7) is 0.903. The van der Waals surface area contributed by atoms with Gasteiger partial charge < -0.3 is 25.2 Å². The normalized spacial score (nSPS) is 31.4. The van der Waals surface area contributed by atoms with E-state index in [1.807, 2.05) is 4.98 Å². The molecule has 0 aromatic carbocycles. The molecule has 0 aliphatic carbocycles. The number of hydrogen-bond donors (Lipinski definition) is 5. The first-order chi connectivity index (χ1) is 9.36. The molecular weight excluding hydrogens is 272 g/mol. The van der Waals surface area contributed by atoms with Crippen molar-refractivity contribution in [1.82, 2.24) is 9.55 Å². The number of nitrogens with one attached hydrogen (secondary N) is 1.